The number of hydrogen-bond acceptors (Lipinski definition) is 5. The number of allylic oxidation sites excluding steroid dienone is 1. The van der Waals surface area contributed by atoms with Crippen molar-refractivity contribution in [3.63, 3.8) is 0 Å². The van der Waals surface area contributed by atoms with Gasteiger partial charge in [-0.1, -0.05) is 11.6 Å². The Morgan fingerprint density at radius 2 is 1.81 bits per heavy atom. The number of hydrogen-bond donors (Lipinski definition) is 1. The molecule has 1 aromatic carbocycles. The Labute approximate surface area is 157 Å². The first kappa shape index (κ1) is 19.9. The van der Waals surface area contributed by atoms with Crippen molar-refractivity contribution in [1.29, 1.82) is 0 Å². The Balaban J connectivity index is 2.62. The van der Waals surface area contributed by atoms with Crippen molar-refractivity contribution in [1.82, 2.24) is 10.2 Å². The second-order valence-corrected chi connectivity index (χ2v) is 6.03. The van der Waals surface area contributed by atoms with Crippen LogP contribution in [0.3, 0.4) is 0 Å². The highest BCUT2D eigenvalue weighted by Gasteiger charge is 2.36. The Morgan fingerprint density at radius 3 is 2.35 bits per heavy atom. The number of nitrogens with zero attached hydrogens (tertiary/aromatic N) is 1. The highest BCUT2D eigenvalue weighted by Crippen LogP contribution is 2.40. The lowest BCUT2D eigenvalue weighted by Crippen LogP contribution is -2.46. The number of amides is 2. The maximum absolute atomic E-state index is 12.3. The van der Waals surface area contributed by atoms with Crippen molar-refractivity contribution in [2.45, 2.75) is 26.8 Å². The highest BCUT2D eigenvalue weighted by atomic mass is 35.5. The smallest absolute Gasteiger partial charge is 0.337 e. The molecule has 0 radical (unpaired) electrons. The van der Waals surface area contributed by atoms with Gasteiger partial charge >= 0.3 is 12.0 Å². The van der Waals surface area contributed by atoms with Crippen LogP contribution in [0.15, 0.2) is 23.4 Å². The molecule has 0 bridgehead atoms. The lowest BCUT2D eigenvalue weighted by Gasteiger charge is -2.33. The van der Waals surface area contributed by atoms with Crippen LogP contribution in [0.25, 0.3) is 0 Å². The van der Waals surface area contributed by atoms with Gasteiger partial charge < -0.3 is 24.4 Å². The second kappa shape index (κ2) is 8.31. The molecule has 1 aliphatic rings. The summed E-state index contributed by atoms with van der Waals surface area (Å²) in [6, 6.07) is 2.21. The number of urea groups is 1. The number of carbonyl (C=O) groups excluding carboxylic acids is 2. The predicted molar refractivity (Wildman–Crippen MR) is 97.5 cm³/mol. The molecular formula is C18H23ClN2O5. The molecule has 1 aromatic rings. The largest absolute Gasteiger partial charge is 0.490 e. The number of methoxy groups -OCH3 is 1. The number of benzene rings is 1. The van der Waals surface area contributed by atoms with Gasteiger partial charge in [0.2, 0.25) is 0 Å². The van der Waals surface area contributed by atoms with Gasteiger partial charge in [0.1, 0.15) is 0 Å². The summed E-state index contributed by atoms with van der Waals surface area (Å²) in [5.74, 6) is 0.453. The van der Waals surface area contributed by atoms with E-state index in [1.165, 1.54) is 12.0 Å². The zero-order chi connectivity index (χ0) is 19.4. The van der Waals surface area contributed by atoms with E-state index in [4.69, 9.17) is 25.8 Å². The van der Waals surface area contributed by atoms with Crippen molar-refractivity contribution in [2.75, 3.05) is 27.4 Å². The molecule has 0 aliphatic carbocycles. The van der Waals surface area contributed by atoms with Crippen LogP contribution in [0.2, 0.25) is 5.02 Å². The molecule has 0 aromatic heterocycles. The van der Waals surface area contributed by atoms with Gasteiger partial charge in [-0.25, -0.2) is 9.59 Å². The molecule has 2 amide bonds. The van der Waals surface area contributed by atoms with E-state index in [0.29, 0.717) is 46.6 Å². The molecule has 0 unspecified atom stereocenters. The highest BCUT2D eigenvalue weighted by molar-refractivity contribution is 6.31. The summed E-state index contributed by atoms with van der Waals surface area (Å²) in [5, 5.41) is 3.14. The first-order valence-electron chi connectivity index (χ1n) is 8.27. The molecule has 0 saturated carbocycles. The molecule has 0 saturated heterocycles. The standard InChI is InChI=1S/C18H23ClN2O5/c1-6-25-13-8-11(12(19)9-14(13)26-7-2)16-15(17(22)24-5)10(3)21(4)18(23)20-16/h8-9,16H,6-7H2,1-5H3,(H,20,23)/t16-/m0/s1. The number of halogens is 1. The van der Waals surface area contributed by atoms with Crippen molar-refractivity contribution in [3.05, 3.63) is 34.0 Å². The Bertz CT molecular complexity index is 747. The van der Waals surface area contributed by atoms with Gasteiger partial charge in [0.05, 0.1) is 37.0 Å². The van der Waals surface area contributed by atoms with Crippen LogP contribution in [0.4, 0.5) is 4.79 Å². The lowest BCUT2D eigenvalue weighted by molar-refractivity contribution is -0.136. The van der Waals surface area contributed by atoms with E-state index >= 15 is 0 Å². The molecule has 142 valence electrons. The first-order chi connectivity index (χ1) is 12.3. The van der Waals surface area contributed by atoms with E-state index < -0.39 is 12.0 Å². The molecule has 7 nitrogen and oxygen atoms in total. The lowest BCUT2D eigenvalue weighted by atomic mass is 9.94. The quantitative estimate of drug-likeness (QED) is 0.764. The molecule has 1 N–H and O–H groups in total. The van der Waals surface area contributed by atoms with E-state index in [-0.39, 0.29) is 6.03 Å². The van der Waals surface area contributed by atoms with Gasteiger partial charge in [-0.15, -0.1) is 0 Å². The minimum absolute atomic E-state index is 0.308. The van der Waals surface area contributed by atoms with Crippen molar-refractivity contribution in [3.8, 4) is 11.5 Å². The average molecular weight is 383 g/mol. The van der Waals surface area contributed by atoms with Crippen LogP contribution >= 0.6 is 11.6 Å². The molecule has 26 heavy (non-hydrogen) atoms. The van der Waals surface area contributed by atoms with Gasteiger partial charge in [-0.05, 0) is 26.8 Å². The van der Waals surface area contributed by atoms with Crippen LogP contribution in [-0.2, 0) is 9.53 Å². The van der Waals surface area contributed by atoms with Crippen LogP contribution in [0, 0.1) is 0 Å². The Kier molecular flexibility index (Phi) is 6.37. The zero-order valence-corrected chi connectivity index (χ0v) is 16.3. The van der Waals surface area contributed by atoms with Gasteiger partial charge in [-0.3, -0.25) is 0 Å². The molecule has 1 aliphatic heterocycles. The third-order valence-corrected chi connectivity index (χ3v) is 4.46. The average Bonchev–Trinajstić information content (AvgIpc) is 2.61. The fourth-order valence-corrected chi connectivity index (χ4v) is 3.01. The molecule has 1 atom stereocenters. The van der Waals surface area contributed by atoms with Gasteiger partial charge in [-0.2, -0.15) is 0 Å². The Morgan fingerprint density at radius 1 is 1.23 bits per heavy atom. The fourth-order valence-electron chi connectivity index (χ4n) is 2.75. The van der Waals surface area contributed by atoms with Crippen molar-refractivity contribution >= 4 is 23.6 Å². The van der Waals surface area contributed by atoms with E-state index in [1.54, 1.807) is 26.1 Å². The number of rotatable bonds is 6. The minimum Gasteiger partial charge on any atom is -0.490 e. The zero-order valence-electron chi connectivity index (χ0n) is 15.5. The maximum atomic E-state index is 12.3. The SMILES string of the molecule is CCOc1cc(Cl)c([C@@H]2NC(=O)N(C)C(C)=C2C(=O)OC)cc1OCC. The van der Waals surface area contributed by atoms with E-state index in [1.807, 2.05) is 13.8 Å². The van der Waals surface area contributed by atoms with Crippen molar-refractivity contribution < 1.29 is 23.8 Å². The molecule has 0 spiro atoms. The number of ether oxygens (including phenoxy) is 3. The van der Waals surface area contributed by atoms with E-state index in [0.717, 1.165) is 0 Å². The summed E-state index contributed by atoms with van der Waals surface area (Å²) >= 11 is 6.44. The normalized spacial score (nSPS) is 17.1. The summed E-state index contributed by atoms with van der Waals surface area (Å²) in [6.07, 6.45) is 0. The van der Waals surface area contributed by atoms with Crippen LogP contribution < -0.4 is 14.8 Å². The third-order valence-electron chi connectivity index (χ3n) is 4.13. The van der Waals surface area contributed by atoms with Crippen molar-refractivity contribution in [2.24, 2.45) is 0 Å². The predicted octanol–water partition coefficient (Wildman–Crippen LogP) is 3.28. The second-order valence-electron chi connectivity index (χ2n) is 5.62. The molecule has 1 heterocycles. The topological polar surface area (TPSA) is 77.1 Å². The van der Waals surface area contributed by atoms with Gasteiger partial charge in [0.15, 0.2) is 11.5 Å². The van der Waals surface area contributed by atoms with Crippen LogP contribution in [0.5, 0.6) is 11.5 Å². The fraction of sp³-hybridized carbons (Fsp3) is 0.444. The summed E-state index contributed by atoms with van der Waals surface area (Å²) in [7, 11) is 2.87. The summed E-state index contributed by atoms with van der Waals surface area (Å²) in [6.45, 7) is 6.28. The molecule has 2 rings (SSSR count). The van der Waals surface area contributed by atoms with Crippen LogP contribution in [-0.4, -0.2) is 44.3 Å². The summed E-state index contributed by atoms with van der Waals surface area (Å²) in [5.41, 5.74) is 1.33. The van der Waals surface area contributed by atoms with E-state index in [2.05, 4.69) is 5.32 Å². The summed E-state index contributed by atoms with van der Waals surface area (Å²) < 4.78 is 16.1. The Hall–Kier alpha value is -2.41. The van der Waals surface area contributed by atoms with Crippen LogP contribution in [0.1, 0.15) is 32.4 Å². The summed E-state index contributed by atoms with van der Waals surface area (Å²) in [4.78, 5) is 26.0. The first-order valence-corrected chi connectivity index (χ1v) is 8.65. The minimum atomic E-state index is -0.756. The van der Waals surface area contributed by atoms with E-state index in [9.17, 15) is 9.59 Å². The number of esters is 1. The monoisotopic (exact) mass is 382 g/mol. The molecule has 8 heteroatoms. The number of nitrogens with one attached hydrogen (secondary N) is 1. The van der Waals surface area contributed by atoms with Gasteiger partial charge in [0.25, 0.3) is 0 Å². The number of carbonyl (C=O) groups is 2. The molecular weight excluding hydrogens is 360 g/mol. The maximum Gasteiger partial charge on any atom is 0.337 e. The van der Waals surface area contributed by atoms with Gasteiger partial charge in [0, 0.05) is 24.4 Å². The third kappa shape index (κ3) is 3.72. The molecule has 0 fully saturated rings.